The van der Waals surface area contributed by atoms with E-state index in [1.165, 1.54) is 0 Å². The first kappa shape index (κ1) is 28.9. The van der Waals surface area contributed by atoms with Crippen LogP contribution in [0.1, 0.15) is 55.9 Å². The van der Waals surface area contributed by atoms with E-state index < -0.39 is 50.4 Å². The molecule has 0 aliphatic carbocycles. The molecule has 1 fully saturated rings. The number of halogens is 3. The largest absolute Gasteiger partial charge is 0.489 e. The van der Waals surface area contributed by atoms with Crippen LogP contribution in [0.4, 0.5) is 13.2 Å². The van der Waals surface area contributed by atoms with E-state index in [1.807, 2.05) is 67.1 Å². The fraction of sp³-hybridized carbons (Fsp3) is 0.367. The zero-order valence-electron chi connectivity index (χ0n) is 22.5. The van der Waals surface area contributed by atoms with Crippen molar-refractivity contribution in [2.24, 2.45) is 5.92 Å². The van der Waals surface area contributed by atoms with Crippen molar-refractivity contribution < 1.29 is 40.6 Å². The van der Waals surface area contributed by atoms with Crippen LogP contribution in [0.15, 0.2) is 77.7 Å². The Morgan fingerprint density at radius 1 is 1.02 bits per heavy atom. The second-order valence-electron chi connectivity index (χ2n) is 10.8. The number of hydrogen-bond donors (Lipinski definition) is 1. The molecule has 3 atom stereocenters. The van der Waals surface area contributed by atoms with Gasteiger partial charge in [-0.1, -0.05) is 36.4 Å². The fourth-order valence-corrected chi connectivity index (χ4v) is 6.41. The Hall–Kier alpha value is -3.57. The SMILES string of the molecule is CC1(C)Oc2ccc(OCc3ccccc3)cc2[C@@H]2O[C@H](CC(=O)NS(=O)(=O)c3cccc(C(F)(F)F)c3)CC[C@H]21. The smallest absolute Gasteiger partial charge is 0.416 e. The quantitative estimate of drug-likeness (QED) is 0.354. The third kappa shape index (κ3) is 6.51. The van der Waals surface area contributed by atoms with Gasteiger partial charge in [-0.15, -0.1) is 0 Å². The molecule has 7 nitrogen and oxygen atoms in total. The molecule has 0 bridgehead atoms. The molecule has 1 N–H and O–H groups in total. The maximum atomic E-state index is 13.1. The lowest BCUT2D eigenvalue weighted by Gasteiger charge is -2.48. The molecule has 0 aromatic heterocycles. The van der Waals surface area contributed by atoms with Crippen LogP contribution in [0, 0.1) is 5.92 Å². The lowest BCUT2D eigenvalue weighted by molar-refractivity contribution is -0.155. The van der Waals surface area contributed by atoms with Crippen molar-refractivity contribution in [1.82, 2.24) is 4.72 Å². The molecule has 3 aromatic carbocycles. The molecule has 5 rings (SSSR count). The van der Waals surface area contributed by atoms with Crippen LogP contribution in [0.2, 0.25) is 0 Å². The molecule has 3 aromatic rings. The van der Waals surface area contributed by atoms with Gasteiger partial charge in [0.1, 0.15) is 23.7 Å². The summed E-state index contributed by atoms with van der Waals surface area (Å²) in [7, 11) is -4.51. The Labute approximate surface area is 236 Å². The van der Waals surface area contributed by atoms with Gasteiger partial charge in [0, 0.05) is 11.5 Å². The minimum Gasteiger partial charge on any atom is -0.489 e. The van der Waals surface area contributed by atoms with E-state index in [-0.39, 0.29) is 12.3 Å². The molecular formula is C30H30F3NO6S. The summed E-state index contributed by atoms with van der Waals surface area (Å²) in [6.45, 7) is 4.33. The number of carbonyl (C=O) groups excluding carboxylic acids is 1. The average Bonchev–Trinajstić information content (AvgIpc) is 2.91. The van der Waals surface area contributed by atoms with Gasteiger partial charge in [-0.3, -0.25) is 4.79 Å². The van der Waals surface area contributed by atoms with Crippen LogP contribution < -0.4 is 14.2 Å². The van der Waals surface area contributed by atoms with Gasteiger partial charge in [0.2, 0.25) is 5.91 Å². The standard InChI is InChI=1S/C30H30F3NO6S/c1-29(2)25-13-11-22(17-27(35)34-41(36,37)23-10-6-9-20(15-23)30(31,32)33)39-28(25)24-16-21(12-14-26(24)40-29)38-18-19-7-4-3-5-8-19/h3-10,12,14-16,22,25,28H,11,13,17-18H2,1-2H3,(H,34,35)/t22-,25+,28-/m0/s1. The lowest BCUT2D eigenvalue weighted by atomic mass is 9.75. The molecule has 2 aliphatic heterocycles. The summed E-state index contributed by atoms with van der Waals surface area (Å²) in [6, 6.07) is 18.5. The molecule has 0 radical (unpaired) electrons. The van der Waals surface area contributed by atoms with Gasteiger partial charge < -0.3 is 14.2 Å². The second-order valence-corrected chi connectivity index (χ2v) is 12.5. The van der Waals surface area contributed by atoms with Crippen molar-refractivity contribution in [2.75, 3.05) is 0 Å². The molecule has 2 heterocycles. The van der Waals surface area contributed by atoms with Gasteiger partial charge in [0.25, 0.3) is 10.0 Å². The van der Waals surface area contributed by atoms with E-state index in [4.69, 9.17) is 14.2 Å². The number of amides is 1. The number of hydrogen-bond acceptors (Lipinski definition) is 6. The number of rotatable bonds is 7. The molecule has 11 heteroatoms. The normalized spacial score (nSPS) is 21.6. The van der Waals surface area contributed by atoms with Crippen molar-refractivity contribution in [3.05, 3.63) is 89.5 Å². The number of alkyl halides is 3. The van der Waals surface area contributed by atoms with Crippen molar-refractivity contribution in [3.8, 4) is 11.5 Å². The van der Waals surface area contributed by atoms with Crippen molar-refractivity contribution >= 4 is 15.9 Å². The number of ether oxygens (including phenoxy) is 3. The van der Waals surface area contributed by atoms with Crippen LogP contribution in [0.5, 0.6) is 11.5 Å². The first-order valence-corrected chi connectivity index (χ1v) is 14.7. The van der Waals surface area contributed by atoms with Gasteiger partial charge in [0.05, 0.1) is 29.1 Å². The van der Waals surface area contributed by atoms with E-state index in [9.17, 15) is 26.4 Å². The Morgan fingerprint density at radius 2 is 1.78 bits per heavy atom. The van der Waals surface area contributed by atoms with Crippen molar-refractivity contribution in [1.29, 1.82) is 0 Å². The summed E-state index contributed by atoms with van der Waals surface area (Å²) in [5.41, 5.74) is 0.119. The van der Waals surface area contributed by atoms with E-state index >= 15 is 0 Å². The number of carbonyl (C=O) groups is 1. The first-order chi connectivity index (χ1) is 19.3. The molecule has 218 valence electrons. The summed E-state index contributed by atoms with van der Waals surface area (Å²) in [5.74, 6) is 0.371. The summed E-state index contributed by atoms with van der Waals surface area (Å²) in [6.07, 6.45) is -4.90. The number of fused-ring (bicyclic) bond motifs is 3. The van der Waals surface area contributed by atoms with Gasteiger partial charge in [-0.2, -0.15) is 13.2 Å². The lowest BCUT2D eigenvalue weighted by Crippen LogP contribution is -2.49. The van der Waals surface area contributed by atoms with E-state index in [0.29, 0.717) is 37.0 Å². The summed E-state index contributed by atoms with van der Waals surface area (Å²) < 4.78 is 85.1. The molecule has 41 heavy (non-hydrogen) atoms. The predicted molar refractivity (Wildman–Crippen MR) is 144 cm³/mol. The van der Waals surface area contributed by atoms with Crippen LogP contribution >= 0.6 is 0 Å². The molecule has 1 saturated heterocycles. The topological polar surface area (TPSA) is 90.9 Å². The molecule has 2 aliphatic rings. The highest BCUT2D eigenvalue weighted by Crippen LogP contribution is 2.51. The Morgan fingerprint density at radius 3 is 2.51 bits per heavy atom. The highest BCUT2D eigenvalue weighted by molar-refractivity contribution is 7.90. The summed E-state index contributed by atoms with van der Waals surface area (Å²) in [5, 5.41) is 0. The van der Waals surface area contributed by atoms with Crippen LogP contribution in [0.3, 0.4) is 0 Å². The van der Waals surface area contributed by atoms with Crippen LogP contribution in [-0.2, 0) is 32.3 Å². The Balaban J connectivity index is 1.29. The van der Waals surface area contributed by atoms with E-state index in [2.05, 4.69) is 0 Å². The highest BCUT2D eigenvalue weighted by Gasteiger charge is 2.48. The van der Waals surface area contributed by atoms with Crippen molar-refractivity contribution in [2.45, 2.75) is 68.6 Å². The monoisotopic (exact) mass is 589 g/mol. The summed E-state index contributed by atoms with van der Waals surface area (Å²) >= 11 is 0. The molecular weight excluding hydrogens is 559 g/mol. The Bertz CT molecular complexity index is 1520. The van der Waals surface area contributed by atoms with E-state index in [1.54, 1.807) is 0 Å². The third-order valence-corrected chi connectivity index (χ3v) is 8.81. The minimum absolute atomic E-state index is 0.0347. The predicted octanol–water partition coefficient (Wildman–Crippen LogP) is 6.19. The van der Waals surface area contributed by atoms with Crippen LogP contribution in [-0.4, -0.2) is 26.0 Å². The minimum atomic E-state index is -4.72. The second kappa shape index (κ2) is 11.0. The first-order valence-electron chi connectivity index (χ1n) is 13.2. The average molecular weight is 590 g/mol. The maximum absolute atomic E-state index is 13.1. The fourth-order valence-electron chi connectivity index (χ4n) is 5.37. The Kier molecular flexibility index (Phi) is 7.78. The van der Waals surface area contributed by atoms with Crippen LogP contribution in [0.25, 0.3) is 0 Å². The number of benzene rings is 3. The third-order valence-electron chi connectivity index (χ3n) is 7.44. The van der Waals surface area contributed by atoms with E-state index in [0.717, 1.165) is 29.3 Å². The van der Waals surface area contributed by atoms with Gasteiger partial charge in [-0.25, -0.2) is 13.1 Å². The number of sulfonamides is 1. The zero-order chi connectivity index (χ0) is 29.4. The van der Waals surface area contributed by atoms with Gasteiger partial charge >= 0.3 is 6.18 Å². The van der Waals surface area contributed by atoms with Gasteiger partial charge in [-0.05, 0) is 68.7 Å². The highest BCUT2D eigenvalue weighted by atomic mass is 32.2. The molecule has 1 amide bonds. The van der Waals surface area contributed by atoms with Crippen molar-refractivity contribution in [3.63, 3.8) is 0 Å². The summed E-state index contributed by atoms with van der Waals surface area (Å²) in [4.78, 5) is 12.1. The number of nitrogens with one attached hydrogen (secondary N) is 1. The zero-order valence-corrected chi connectivity index (χ0v) is 23.3. The molecule has 0 spiro atoms. The van der Waals surface area contributed by atoms with Gasteiger partial charge in [0.15, 0.2) is 0 Å². The molecule has 0 saturated carbocycles. The maximum Gasteiger partial charge on any atom is 0.416 e. The molecule has 0 unspecified atom stereocenters.